The van der Waals surface area contributed by atoms with Gasteiger partial charge in [0, 0.05) is 13.2 Å². The molecule has 0 fully saturated rings. The molecule has 0 saturated carbocycles. The summed E-state index contributed by atoms with van der Waals surface area (Å²) in [5.41, 5.74) is 0.0521. The molecule has 17 heavy (non-hydrogen) atoms. The molecule has 0 radical (unpaired) electrons. The molecule has 0 bridgehead atoms. The van der Waals surface area contributed by atoms with Gasteiger partial charge in [-0.25, -0.2) is 0 Å². The zero-order valence-electron chi connectivity index (χ0n) is 9.23. The highest BCUT2D eigenvalue weighted by atomic mass is 79.9. The fourth-order valence-electron chi connectivity index (χ4n) is 1.20. The monoisotopic (exact) mass is 302 g/mol. The van der Waals surface area contributed by atoms with Crippen molar-refractivity contribution in [2.75, 3.05) is 12.4 Å². The van der Waals surface area contributed by atoms with Crippen LogP contribution >= 0.6 is 15.9 Å². The van der Waals surface area contributed by atoms with Gasteiger partial charge in [0.15, 0.2) is 0 Å². The highest BCUT2D eigenvalue weighted by Crippen LogP contribution is 2.31. The van der Waals surface area contributed by atoms with Gasteiger partial charge in [0.05, 0.1) is 9.40 Å². The Bertz CT molecular complexity index is 452. The summed E-state index contributed by atoms with van der Waals surface area (Å²) < 4.78 is 0.433. The van der Waals surface area contributed by atoms with Crippen LogP contribution in [0.1, 0.15) is 6.92 Å². The van der Waals surface area contributed by atoms with Crippen molar-refractivity contribution in [3.05, 3.63) is 27.0 Å². The van der Waals surface area contributed by atoms with E-state index in [1.165, 1.54) is 13.2 Å². The normalized spacial score (nSPS) is 11.7. The van der Waals surface area contributed by atoms with Crippen LogP contribution in [0.4, 0.5) is 11.4 Å². The van der Waals surface area contributed by atoms with Crippen LogP contribution in [0, 0.1) is 10.1 Å². The van der Waals surface area contributed by atoms with Crippen LogP contribution < -0.4 is 10.6 Å². The van der Waals surface area contributed by atoms with Gasteiger partial charge >= 0.3 is 5.69 Å². The van der Waals surface area contributed by atoms with Gasteiger partial charge in [-0.05, 0) is 22.9 Å². The minimum Gasteiger partial charge on any atom is -0.367 e. The zero-order chi connectivity index (χ0) is 13.0. The number of carbonyl (C=O) groups is 1. The first-order valence-electron chi connectivity index (χ1n) is 4.73. The number of anilines is 1. The maximum absolute atomic E-state index is 11.3. The van der Waals surface area contributed by atoms with E-state index in [-0.39, 0.29) is 17.3 Å². The van der Waals surface area contributed by atoms with E-state index in [4.69, 9.17) is 0 Å². The van der Waals surface area contributed by atoms with Gasteiger partial charge in [-0.3, -0.25) is 19.9 Å². The molecule has 1 atom stereocenters. The summed E-state index contributed by atoms with van der Waals surface area (Å²) in [4.78, 5) is 25.3. The lowest BCUT2D eigenvalue weighted by atomic mass is 10.2. The SMILES string of the molecule is CNC(=O)C(C)Nc1c(Br)cncc1[N+](=O)[O-]. The molecule has 2 N–H and O–H groups in total. The topological polar surface area (TPSA) is 97.2 Å². The van der Waals surface area contributed by atoms with Crippen molar-refractivity contribution in [1.29, 1.82) is 0 Å². The Balaban J connectivity index is 3.05. The average molecular weight is 303 g/mol. The van der Waals surface area contributed by atoms with Crippen LogP contribution in [0.3, 0.4) is 0 Å². The molecule has 0 aromatic carbocycles. The van der Waals surface area contributed by atoms with Crippen molar-refractivity contribution in [1.82, 2.24) is 10.3 Å². The van der Waals surface area contributed by atoms with Crippen molar-refractivity contribution >= 4 is 33.2 Å². The van der Waals surface area contributed by atoms with Crippen LogP contribution in [0.15, 0.2) is 16.9 Å². The molecule has 0 saturated heterocycles. The predicted molar refractivity (Wildman–Crippen MR) is 65.7 cm³/mol. The van der Waals surface area contributed by atoms with Crippen LogP contribution in [-0.2, 0) is 4.79 Å². The first kappa shape index (κ1) is 13.4. The fourth-order valence-corrected chi connectivity index (χ4v) is 1.64. The van der Waals surface area contributed by atoms with E-state index in [0.29, 0.717) is 4.47 Å². The lowest BCUT2D eigenvalue weighted by Gasteiger charge is -2.14. The third-order valence-electron chi connectivity index (χ3n) is 2.08. The number of pyridine rings is 1. The molecule has 92 valence electrons. The second-order valence-corrected chi connectivity index (χ2v) is 4.11. The third-order valence-corrected chi connectivity index (χ3v) is 2.68. The van der Waals surface area contributed by atoms with Gasteiger partial charge in [0.2, 0.25) is 5.91 Å². The summed E-state index contributed by atoms with van der Waals surface area (Å²) >= 11 is 3.15. The van der Waals surface area contributed by atoms with E-state index >= 15 is 0 Å². The number of amides is 1. The van der Waals surface area contributed by atoms with Gasteiger partial charge in [-0.15, -0.1) is 0 Å². The standard InChI is InChI=1S/C9H11BrN4O3/c1-5(9(15)11-2)13-8-6(10)3-12-4-7(8)14(16)17/h3-5H,1-2H3,(H,11,15)(H,12,13). The van der Waals surface area contributed by atoms with Crippen LogP contribution in [-0.4, -0.2) is 28.9 Å². The second kappa shape index (κ2) is 5.58. The number of hydrogen-bond acceptors (Lipinski definition) is 5. The molecule has 1 amide bonds. The Morgan fingerprint density at radius 3 is 2.76 bits per heavy atom. The van der Waals surface area contributed by atoms with Crippen molar-refractivity contribution in [2.45, 2.75) is 13.0 Å². The van der Waals surface area contributed by atoms with Crippen LogP contribution in [0.2, 0.25) is 0 Å². The first-order valence-corrected chi connectivity index (χ1v) is 5.52. The number of hydrogen-bond donors (Lipinski definition) is 2. The number of rotatable bonds is 4. The number of halogens is 1. The number of nitrogens with one attached hydrogen (secondary N) is 2. The van der Waals surface area contributed by atoms with E-state index in [9.17, 15) is 14.9 Å². The minimum atomic E-state index is -0.586. The third kappa shape index (κ3) is 3.13. The molecule has 8 heteroatoms. The summed E-state index contributed by atoms with van der Waals surface area (Å²) in [5, 5.41) is 16.0. The zero-order valence-corrected chi connectivity index (χ0v) is 10.8. The van der Waals surface area contributed by atoms with E-state index in [0.717, 1.165) is 6.20 Å². The molecular weight excluding hydrogens is 292 g/mol. The summed E-state index contributed by atoms with van der Waals surface area (Å²) in [7, 11) is 1.50. The van der Waals surface area contributed by atoms with Crippen molar-refractivity contribution in [3.63, 3.8) is 0 Å². The molecular formula is C9H11BrN4O3. The molecule has 0 spiro atoms. The quantitative estimate of drug-likeness (QED) is 0.645. The van der Waals surface area contributed by atoms with Crippen LogP contribution in [0.5, 0.6) is 0 Å². The van der Waals surface area contributed by atoms with Gasteiger partial charge in [0.25, 0.3) is 0 Å². The van der Waals surface area contributed by atoms with Crippen molar-refractivity contribution in [3.8, 4) is 0 Å². The summed E-state index contributed by atoms with van der Waals surface area (Å²) in [6, 6.07) is -0.586. The smallest absolute Gasteiger partial charge is 0.311 e. The van der Waals surface area contributed by atoms with E-state index in [1.807, 2.05) is 0 Å². The van der Waals surface area contributed by atoms with E-state index in [2.05, 4.69) is 31.5 Å². The predicted octanol–water partition coefficient (Wildman–Crippen LogP) is 1.30. The summed E-state index contributed by atoms with van der Waals surface area (Å²) in [6.07, 6.45) is 2.55. The molecule has 0 aliphatic heterocycles. The first-order chi connectivity index (χ1) is 7.97. The van der Waals surface area contributed by atoms with Gasteiger partial charge in [0.1, 0.15) is 17.9 Å². The number of nitro groups is 1. The lowest BCUT2D eigenvalue weighted by molar-refractivity contribution is -0.384. The maximum atomic E-state index is 11.3. The van der Waals surface area contributed by atoms with Gasteiger partial charge < -0.3 is 10.6 Å². The molecule has 1 aromatic heterocycles. The molecule has 0 aliphatic carbocycles. The summed E-state index contributed by atoms with van der Waals surface area (Å²) in [6.45, 7) is 1.61. The van der Waals surface area contributed by atoms with Gasteiger partial charge in [-0.1, -0.05) is 0 Å². The Hall–Kier alpha value is -1.70. The van der Waals surface area contributed by atoms with Gasteiger partial charge in [-0.2, -0.15) is 0 Å². The second-order valence-electron chi connectivity index (χ2n) is 3.25. The number of likely N-dealkylation sites (N-methyl/N-ethyl adjacent to an activating group) is 1. The van der Waals surface area contributed by atoms with Crippen molar-refractivity contribution in [2.24, 2.45) is 0 Å². The average Bonchev–Trinajstić information content (AvgIpc) is 2.30. The van der Waals surface area contributed by atoms with E-state index in [1.54, 1.807) is 6.92 Å². The Morgan fingerprint density at radius 2 is 2.24 bits per heavy atom. The molecule has 7 nitrogen and oxygen atoms in total. The lowest BCUT2D eigenvalue weighted by Crippen LogP contribution is -2.35. The Morgan fingerprint density at radius 1 is 1.59 bits per heavy atom. The Kier molecular flexibility index (Phi) is 4.38. The number of nitrogens with zero attached hydrogens (tertiary/aromatic N) is 2. The Labute approximate surface area is 106 Å². The number of carbonyl (C=O) groups excluding carboxylic acids is 1. The molecule has 1 rings (SSSR count). The van der Waals surface area contributed by atoms with E-state index < -0.39 is 11.0 Å². The molecule has 1 unspecified atom stereocenters. The maximum Gasteiger partial charge on any atom is 0.311 e. The molecule has 1 aromatic rings. The largest absolute Gasteiger partial charge is 0.367 e. The van der Waals surface area contributed by atoms with Crippen LogP contribution in [0.25, 0.3) is 0 Å². The molecule has 0 aliphatic rings. The highest BCUT2D eigenvalue weighted by molar-refractivity contribution is 9.10. The molecule has 1 heterocycles. The highest BCUT2D eigenvalue weighted by Gasteiger charge is 2.21. The number of aromatic nitrogens is 1. The fraction of sp³-hybridized carbons (Fsp3) is 0.333. The summed E-state index contributed by atoms with van der Waals surface area (Å²) in [5.74, 6) is -0.261. The van der Waals surface area contributed by atoms with Crippen molar-refractivity contribution < 1.29 is 9.72 Å². The minimum absolute atomic E-state index is 0.185.